The SMILES string of the molecule is CCCC[C@](CC)(CO)CSc1ccc(F)cc1Cc1cccc(N=O)c1. The van der Waals surface area contributed by atoms with Crippen molar-refractivity contribution in [3.8, 4) is 0 Å². The summed E-state index contributed by atoms with van der Waals surface area (Å²) in [4.78, 5) is 11.8. The molecule has 146 valence electrons. The predicted molar refractivity (Wildman–Crippen MR) is 111 cm³/mol. The zero-order chi connectivity index (χ0) is 19.7. The molecular weight excluding hydrogens is 361 g/mol. The van der Waals surface area contributed by atoms with E-state index in [2.05, 4.69) is 19.0 Å². The van der Waals surface area contributed by atoms with E-state index in [9.17, 15) is 14.4 Å². The van der Waals surface area contributed by atoms with Gasteiger partial charge in [-0.25, -0.2) is 4.39 Å². The Kier molecular flexibility index (Phi) is 8.45. The van der Waals surface area contributed by atoms with Crippen molar-refractivity contribution in [1.29, 1.82) is 0 Å². The van der Waals surface area contributed by atoms with E-state index in [-0.39, 0.29) is 17.8 Å². The van der Waals surface area contributed by atoms with Crippen molar-refractivity contribution in [1.82, 2.24) is 0 Å². The van der Waals surface area contributed by atoms with Crippen LogP contribution in [0.5, 0.6) is 0 Å². The van der Waals surface area contributed by atoms with Gasteiger partial charge in [0.15, 0.2) is 0 Å². The molecule has 0 aromatic heterocycles. The second-order valence-electron chi connectivity index (χ2n) is 7.09. The molecular formula is C22H28FNO2S. The van der Waals surface area contributed by atoms with E-state index in [4.69, 9.17) is 0 Å². The summed E-state index contributed by atoms with van der Waals surface area (Å²) in [6.07, 6.45) is 4.65. The summed E-state index contributed by atoms with van der Waals surface area (Å²) in [6.45, 7) is 4.45. The summed E-state index contributed by atoms with van der Waals surface area (Å²) in [5, 5.41) is 12.9. The third kappa shape index (κ3) is 6.15. The molecule has 5 heteroatoms. The third-order valence-corrected chi connectivity index (χ3v) is 6.58. The zero-order valence-electron chi connectivity index (χ0n) is 16.1. The van der Waals surface area contributed by atoms with E-state index in [1.54, 1.807) is 36.0 Å². The number of rotatable bonds is 11. The van der Waals surface area contributed by atoms with Crippen molar-refractivity contribution < 1.29 is 9.50 Å². The van der Waals surface area contributed by atoms with Crippen molar-refractivity contribution in [2.75, 3.05) is 12.4 Å². The largest absolute Gasteiger partial charge is 0.396 e. The topological polar surface area (TPSA) is 49.7 Å². The molecule has 0 heterocycles. The lowest BCUT2D eigenvalue weighted by atomic mass is 9.83. The lowest BCUT2D eigenvalue weighted by Gasteiger charge is -2.30. The lowest BCUT2D eigenvalue weighted by Crippen LogP contribution is -2.27. The molecule has 0 amide bonds. The molecule has 0 spiro atoms. The van der Waals surface area contributed by atoms with Crippen LogP contribution in [0.2, 0.25) is 0 Å². The van der Waals surface area contributed by atoms with Gasteiger partial charge in [-0.2, -0.15) is 0 Å². The Labute approximate surface area is 165 Å². The maximum absolute atomic E-state index is 13.9. The van der Waals surface area contributed by atoms with Gasteiger partial charge in [0.2, 0.25) is 0 Å². The Bertz CT molecular complexity index is 747. The van der Waals surface area contributed by atoms with Gasteiger partial charge in [-0.3, -0.25) is 0 Å². The minimum atomic E-state index is -0.270. The lowest BCUT2D eigenvalue weighted by molar-refractivity contribution is 0.130. The summed E-state index contributed by atoms with van der Waals surface area (Å²) in [5.74, 6) is 0.531. The van der Waals surface area contributed by atoms with E-state index < -0.39 is 0 Å². The van der Waals surface area contributed by atoms with Crippen LogP contribution in [0, 0.1) is 16.1 Å². The number of benzene rings is 2. The van der Waals surface area contributed by atoms with Gasteiger partial charge in [0, 0.05) is 22.7 Å². The quantitative estimate of drug-likeness (QED) is 0.353. The minimum Gasteiger partial charge on any atom is -0.396 e. The Hall–Kier alpha value is -1.72. The van der Waals surface area contributed by atoms with Crippen molar-refractivity contribution in [2.45, 2.75) is 50.8 Å². The number of thioether (sulfide) groups is 1. The minimum absolute atomic E-state index is 0.103. The van der Waals surface area contributed by atoms with Crippen molar-refractivity contribution >= 4 is 17.4 Å². The molecule has 2 aromatic carbocycles. The number of halogens is 1. The first-order chi connectivity index (χ1) is 13.1. The van der Waals surface area contributed by atoms with Gasteiger partial charge in [0.05, 0.1) is 0 Å². The molecule has 0 saturated carbocycles. The first-order valence-corrected chi connectivity index (χ1v) is 10.5. The Balaban J connectivity index is 2.20. The molecule has 1 N–H and O–H groups in total. The van der Waals surface area contributed by atoms with Crippen LogP contribution in [-0.4, -0.2) is 17.5 Å². The molecule has 0 aliphatic heterocycles. The summed E-state index contributed by atoms with van der Waals surface area (Å²) >= 11 is 1.68. The first kappa shape index (κ1) is 21.6. The number of nitrogens with zero attached hydrogens (tertiary/aromatic N) is 1. The molecule has 0 aliphatic carbocycles. The highest BCUT2D eigenvalue weighted by atomic mass is 32.2. The summed E-state index contributed by atoms with van der Waals surface area (Å²) in [6, 6.07) is 11.9. The fourth-order valence-electron chi connectivity index (χ4n) is 3.14. The van der Waals surface area contributed by atoms with Gasteiger partial charge >= 0.3 is 0 Å². The van der Waals surface area contributed by atoms with Crippen LogP contribution in [0.1, 0.15) is 50.7 Å². The molecule has 2 aromatic rings. The highest BCUT2D eigenvalue weighted by Gasteiger charge is 2.27. The molecule has 1 atom stereocenters. The maximum atomic E-state index is 13.9. The van der Waals surface area contributed by atoms with Crippen molar-refractivity contribution in [3.63, 3.8) is 0 Å². The van der Waals surface area contributed by atoms with Crippen molar-refractivity contribution in [3.05, 3.63) is 64.3 Å². The molecule has 0 radical (unpaired) electrons. The van der Waals surface area contributed by atoms with E-state index in [0.29, 0.717) is 12.1 Å². The first-order valence-electron chi connectivity index (χ1n) is 9.50. The van der Waals surface area contributed by atoms with Crippen LogP contribution in [0.3, 0.4) is 0 Å². The van der Waals surface area contributed by atoms with E-state index in [0.717, 1.165) is 47.5 Å². The van der Waals surface area contributed by atoms with E-state index in [1.807, 2.05) is 12.1 Å². The summed E-state index contributed by atoms with van der Waals surface area (Å²) < 4.78 is 13.9. The number of aliphatic hydroxyl groups excluding tert-OH is 1. The zero-order valence-corrected chi connectivity index (χ0v) is 16.9. The Morgan fingerprint density at radius 3 is 2.67 bits per heavy atom. The number of unbranched alkanes of at least 4 members (excludes halogenated alkanes) is 1. The van der Waals surface area contributed by atoms with Gasteiger partial charge < -0.3 is 5.11 Å². The average molecular weight is 390 g/mol. The highest BCUT2D eigenvalue weighted by molar-refractivity contribution is 7.99. The number of hydrogen-bond donors (Lipinski definition) is 1. The molecule has 3 nitrogen and oxygen atoms in total. The molecule has 0 fully saturated rings. The molecule has 0 bridgehead atoms. The maximum Gasteiger partial charge on any atom is 0.123 e. The van der Waals surface area contributed by atoms with Gasteiger partial charge in [-0.1, -0.05) is 38.8 Å². The van der Waals surface area contributed by atoms with Crippen LogP contribution in [0.25, 0.3) is 0 Å². The number of aliphatic hydroxyl groups is 1. The molecule has 0 unspecified atom stereocenters. The summed E-state index contributed by atoms with van der Waals surface area (Å²) in [5.41, 5.74) is 2.09. The predicted octanol–water partition coefficient (Wildman–Crippen LogP) is 6.49. The average Bonchev–Trinajstić information content (AvgIpc) is 2.70. The molecule has 2 rings (SSSR count). The molecule has 27 heavy (non-hydrogen) atoms. The van der Waals surface area contributed by atoms with Crippen LogP contribution >= 0.6 is 11.8 Å². The second-order valence-corrected chi connectivity index (χ2v) is 8.11. The monoisotopic (exact) mass is 389 g/mol. The standard InChI is InChI=1S/C22H28FNO2S/c1-3-5-11-22(4-2,15-25)16-27-21-10-9-19(23)14-18(21)12-17-7-6-8-20(13-17)24-26/h6-10,13-14,25H,3-5,11-12,15-16H2,1-2H3/t22-/m1/s1. The molecule has 0 aliphatic rings. The second kappa shape index (κ2) is 10.6. The normalized spacial score (nSPS) is 13.3. The van der Waals surface area contributed by atoms with E-state index in [1.165, 1.54) is 6.07 Å². The van der Waals surface area contributed by atoms with Gasteiger partial charge in [-0.05, 0) is 65.9 Å². The smallest absolute Gasteiger partial charge is 0.123 e. The van der Waals surface area contributed by atoms with Gasteiger partial charge in [0.25, 0.3) is 0 Å². The van der Waals surface area contributed by atoms with Crippen LogP contribution < -0.4 is 0 Å². The Morgan fingerprint density at radius 1 is 1.19 bits per heavy atom. The van der Waals surface area contributed by atoms with Gasteiger partial charge in [0.1, 0.15) is 11.5 Å². The van der Waals surface area contributed by atoms with Crippen LogP contribution in [0.15, 0.2) is 52.5 Å². The fraction of sp³-hybridized carbons (Fsp3) is 0.455. The van der Waals surface area contributed by atoms with Crippen molar-refractivity contribution in [2.24, 2.45) is 10.6 Å². The third-order valence-electron chi connectivity index (χ3n) is 5.11. The van der Waals surface area contributed by atoms with Gasteiger partial charge in [-0.15, -0.1) is 16.7 Å². The van der Waals surface area contributed by atoms with E-state index >= 15 is 0 Å². The number of nitroso groups, excluding NO2 is 1. The van der Waals surface area contributed by atoms with Crippen LogP contribution in [0.4, 0.5) is 10.1 Å². The van der Waals surface area contributed by atoms with Crippen LogP contribution in [-0.2, 0) is 6.42 Å². The fourth-order valence-corrected chi connectivity index (χ4v) is 4.52. The molecule has 0 saturated heterocycles. The highest BCUT2D eigenvalue weighted by Crippen LogP contribution is 2.37. The number of hydrogen-bond acceptors (Lipinski definition) is 4. The summed E-state index contributed by atoms with van der Waals surface area (Å²) in [7, 11) is 0. The Morgan fingerprint density at radius 2 is 2.00 bits per heavy atom.